The summed E-state index contributed by atoms with van der Waals surface area (Å²) in [6.45, 7) is 5.91. The van der Waals surface area contributed by atoms with E-state index < -0.39 is 4.92 Å². The van der Waals surface area contributed by atoms with Gasteiger partial charge in [-0.15, -0.1) is 0 Å². The molecule has 2 heterocycles. The maximum absolute atomic E-state index is 11.7. The average molecular weight is 407 g/mol. The zero-order valence-corrected chi connectivity index (χ0v) is 17.0. The first kappa shape index (κ1) is 20.7. The van der Waals surface area contributed by atoms with E-state index in [1.165, 1.54) is 25.4 Å². The molecule has 154 valence electrons. The van der Waals surface area contributed by atoms with Crippen molar-refractivity contribution in [3.63, 3.8) is 0 Å². The van der Waals surface area contributed by atoms with Crippen LogP contribution >= 0.6 is 0 Å². The lowest BCUT2D eigenvalue weighted by molar-refractivity contribution is -0.385. The highest BCUT2D eigenvalue weighted by molar-refractivity contribution is 5.90. The fraction of sp³-hybridized carbons (Fsp3) is 0.190. The zero-order valence-electron chi connectivity index (χ0n) is 17.0. The van der Waals surface area contributed by atoms with E-state index in [9.17, 15) is 14.9 Å². The van der Waals surface area contributed by atoms with Gasteiger partial charge in [-0.05, 0) is 56.7 Å². The second-order valence-electron chi connectivity index (χ2n) is 6.68. The molecule has 0 unspecified atom stereocenters. The van der Waals surface area contributed by atoms with Gasteiger partial charge in [-0.1, -0.05) is 0 Å². The van der Waals surface area contributed by atoms with Gasteiger partial charge < -0.3 is 9.30 Å². The molecule has 30 heavy (non-hydrogen) atoms. The summed E-state index contributed by atoms with van der Waals surface area (Å²) in [5, 5.41) is 14.9. The molecule has 2 aromatic heterocycles. The first-order chi connectivity index (χ1) is 14.3. The van der Waals surface area contributed by atoms with Crippen molar-refractivity contribution in [3.05, 3.63) is 80.8 Å². The Bertz CT molecular complexity index is 1130. The number of methoxy groups -OCH3 is 1. The summed E-state index contributed by atoms with van der Waals surface area (Å²) < 4.78 is 6.86. The number of anilines is 1. The normalized spacial score (nSPS) is 10.9. The number of rotatable bonds is 6. The molecular weight excluding hydrogens is 386 g/mol. The van der Waals surface area contributed by atoms with Crippen LogP contribution in [0.15, 0.2) is 47.7 Å². The van der Waals surface area contributed by atoms with Gasteiger partial charge in [0.1, 0.15) is 12.0 Å². The fourth-order valence-electron chi connectivity index (χ4n) is 3.17. The van der Waals surface area contributed by atoms with Gasteiger partial charge in [0.25, 0.3) is 5.69 Å². The number of benzene rings is 1. The van der Waals surface area contributed by atoms with E-state index >= 15 is 0 Å². The lowest BCUT2D eigenvalue weighted by Gasteiger charge is -2.13. The quantitative estimate of drug-likeness (QED) is 0.287. The molecule has 0 amide bonds. The highest BCUT2D eigenvalue weighted by Gasteiger charge is 2.14. The van der Waals surface area contributed by atoms with Gasteiger partial charge in [-0.25, -0.2) is 9.78 Å². The Balaban J connectivity index is 1.82. The first-order valence-corrected chi connectivity index (χ1v) is 9.09. The van der Waals surface area contributed by atoms with Crippen LogP contribution in [0.3, 0.4) is 0 Å². The molecule has 3 rings (SSSR count). The van der Waals surface area contributed by atoms with Gasteiger partial charge in [-0.3, -0.25) is 15.5 Å². The number of nitrogens with zero attached hydrogens (tertiary/aromatic N) is 4. The fourth-order valence-corrected chi connectivity index (χ4v) is 3.17. The Morgan fingerprint density at radius 3 is 2.60 bits per heavy atom. The SMILES string of the molecule is COC(=O)c1ccc(-n2c(C)cc(/C=N/Nc3ccc([N+](=O)[O-])cn3)c2C)c(C)c1. The second kappa shape index (κ2) is 8.56. The molecule has 3 aromatic rings. The minimum atomic E-state index is -0.505. The van der Waals surface area contributed by atoms with E-state index in [2.05, 4.69) is 20.1 Å². The summed E-state index contributed by atoms with van der Waals surface area (Å²) in [5.74, 6) is 0.0317. The molecule has 1 N–H and O–H groups in total. The van der Waals surface area contributed by atoms with Crippen molar-refractivity contribution in [2.24, 2.45) is 5.10 Å². The molecule has 0 spiro atoms. The Labute approximate surface area is 173 Å². The van der Waals surface area contributed by atoms with Crippen molar-refractivity contribution >= 4 is 23.7 Å². The Morgan fingerprint density at radius 1 is 1.23 bits per heavy atom. The van der Waals surface area contributed by atoms with Crippen LogP contribution in [0.2, 0.25) is 0 Å². The van der Waals surface area contributed by atoms with Crippen LogP contribution in [0.25, 0.3) is 5.69 Å². The van der Waals surface area contributed by atoms with E-state index in [1.54, 1.807) is 18.3 Å². The Morgan fingerprint density at radius 2 is 2.00 bits per heavy atom. The van der Waals surface area contributed by atoms with E-state index in [-0.39, 0.29) is 11.7 Å². The van der Waals surface area contributed by atoms with Crippen LogP contribution in [0.1, 0.15) is 32.9 Å². The maximum Gasteiger partial charge on any atom is 0.337 e. The van der Waals surface area contributed by atoms with Crippen LogP contribution < -0.4 is 5.43 Å². The monoisotopic (exact) mass is 407 g/mol. The van der Waals surface area contributed by atoms with Crippen LogP contribution in [0.5, 0.6) is 0 Å². The number of esters is 1. The number of hydrazone groups is 1. The van der Waals surface area contributed by atoms with Gasteiger partial charge >= 0.3 is 5.97 Å². The number of carbonyl (C=O) groups excluding carboxylic acids is 1. The smallest absolute Gasteiger partial charge is 0.337 e. The lowest BCUT2D eigenvalue weighted by Crippen LogP contribution is -2.06. The van der Waals surface area contributed by atoms with Crippen molar-refractivity contribution in [1.82, 2.24) is 9.55 Å². The molecule has 0 atom stereocenters. The maximum atomic E-state index is 11.7. The summed E-state index contributed by atoms with van der Waals surface area (Å²) in [6, 6.07) is 10.3. The molecule has 0 aliphatic rings. The third-order valence-electron chi connectivity index (χ3n) is 4.67. The number of carbonyl (C=O) groups is 1. The Hall–Kier alpha value is -4.01. The highest BCUT2D eigenvalue weighted by Crippen LogP contribution is 2.24. The molecule has 0 aliphatic carbocycles. The number of aryl methyl sites for hydroxylation is 2. The lowest BCUT2D eigenvalue weighted by atomic mass is 10.1. The predicted octanol–water partition coefficient (Wildman–Crippen LogP) is 3.94. The van der Waals surface area contributed by atoms with Gasteiger partial charge in [0.15, 0.2) is 0 Å². The summed E-state index contributed by atoms with van der Waals surface area (Å²) >= 11 is 0. The molecule has 0 radical (unpaired) electrons. The van der Waals surface area contributed by atoms with E-state index in [4.69, 9.17) is 4.74 Å². The minimum absolute atomic E-state index is 0.0818. The molecule has 0 aliphatic heterocycles. The summed E-state index contributed by atoms with van der Waals surface area (Å²) in [4.78, 5) is 25.9. The van der Waals surface area contributed by atoms with Crippen LogP contribution in [-0.4, -0.2) is 33.8 Å². The Kier molecular flexibility index (Phi) is 5.91. The largest absolute Gasteiger partial charge is 0.465 e. The predicted molar refractivity (Wildman–Crippen MR) is 113 cm³/mol. The number of pyridine rings is 1. The number of hydrogen-bond donors (Lipinski definition) is 1. The van der Waals surface area contributed by atoms with Crippen LogP contribution in [-0.2, 0) is 4.74 Å². The van der Waals surface area contributed by atoms with E-state index in [1.807, 2.05) is 32.9 Å². The van der Waals surface area contributed by atoms with Crippen molar-refractivity contribution in [2.75, 3.05) is 12.5 Å². The van der Waals surface area contributed by atoms with Gasteiger partial charge in [0.2, 0.25) is 0 Å². The molecule has 0 bridgehead atoms. The summed E-state index contributed by atoms with van der Waals surface area (Å²) in [6.07, 6.45) is 2.84. The minimum Gasteiger partial charge on any atom is -0.465 e. The number of nitro groups is 1. The van der Waals surface area contributed by atoms with E-state index in [0.29, 0.717) is 11.4 Å². The number of nitrogens with one attached hydrogen (secondary N) is 1. The van der Waals surface area contributed by atoms with Crippen LogP contribution in [0, 0.1) is 30.9 Å². The molecule has 1 aromatic carbocycles. The summed E-state index contributed by atoms with van der Waals surface area (Å²) in [7, 11) is 1.36. The zero-order chi connectivity index (χ0) is 21.8. The molecule has 9 nitrogen and oxygen atoms in total. The molecule has 9 heteroatoms. The van der Waals surface area contributed by atoms with E-state index in [0.717, 1.165) is 28.2 Å². The standard InChI is InChI=1S/C21H21N5O4/c1-13-9-16(21(27)30-4)5-7-19(13)25-14(2)10-17(15(25)3)11-23-24-20-8-6-18(12-22-20)26(28)29/h5-12H,1-4H3,(H,22,24)/b23-11+. The van der Waals surface area contributed by atoms with Gasteiger partial charge in [0.05, 0.1) is 23.8 Å². The topological polar surface area (TPSA) is 112 Å². The van der Waals surface area contributed by atoms with Crippen LogP contribution in [0.4, 0.5) is 11.5 Å². The van der Waals surface area contributed by atoms with Gasteiger partial charge in [0, 0.05) is 28.7 Å². The van der Waals surface area contributed by atoms with Gasteiger partial charge in [-0.2, -0.15) is 5.10 Å². The number of ether oxygens (including phenoxy) is 1. The van der Waals surface area contributed by atoms with Crippen molar-refractivity contribution in [2.45, 2.75) is 20.8 Å². The highest BCUT2D eigenvalue weighted by atomic mass is 16.6. The van der Waals surface area contributed by atoms with Crippen molar-refractivity contribution in [1.29, 1.82) is 0 Å². The van der Waals surface area contributed by atoms with Crippen molar-refractivity contribution in [3.8, 4) is 5.69 Å². The number of aromatic nitrogens is 2. The molecular formula is C21H21N5O4. The summed E-state index contributed by atoms with van der Waals surface area (Å²) in [5.41, 5.74) is 7.98. The average Bonchev–Trinajstić information content (AvgIpc) is 3.01. The molecule has 0 fully saturated rings. The third kappa shape index (κ3) is 4.19. The number of hydrogen-bond acceptors (Lipinski definition) is 7. The van der Waals surface area contributed by atoms with Crippen molar-refractivity contribution < 1.29 is 14.5 Å². The molecule has 0 saturated heterocycles. The molecule has 0 saturated carbocycles. The third-order valence-corrected chi connectivity index (χ3v) is 4.67. The second-order valence-corrected chi connectivity index (χ2v) is 6.68. The first-order valence-electron chi connectivity index (χ1n) is 9.09.